The number of halogens is 1. The van der Waals surface area contributed by atoms with Crippen molar-refractivity contribution in [1.82, 2.24) is 25.1 Å². The molecule has 0 amide bonds. The Bertz CT molecular complexity index is 699. The van der Waals surface area contributed by atoms with Gasteiger partial charge in [-0.2, -0.15) is 0 Å². The van der Waals surface area contributed by atoms with E-state index in [1.54, 1.807) is 0 Å². The summed E-state index contributed by atoms with van der Waals surface area (Å²) < 4.78 is 2.12. The number of rotatable bonds is 4. The summed E-state index contributed by atoms with van der Waals surface area (Å²) in [6.45, 7) is 4.53. The van der Waals surface area contributed by atoms with Crippen molar-refractivity contribution < 1.29 is 0 Å². The van der Waals surface area contributed by atoms with Crippen LogP contribution in [0.3, 0.4) is 0 Å². The lowest BCUT2D eigenvalue weighted by atomic mass is 9.93. The molecule has 0 bridgehead atoms. The molecule has 5 nitrogen and oxygen atoms in total. The van der Waals surface area contributed by atoms with Gasteiger partial charge in [-0.15, -0.1) is 5.10 Å². The van der Waals surface area contributed by atoms with Gasteiger partial charge in [0.1, 0.15) is 0 Å². The van der Waals surface area contributed by atoms with E-state index in [1.165, 1.54) is 50.5 Å². The fourth-order valence-corrected chi connectivity index (χ4v) is 4.55. The molecule has 1 aliphatic heterocycles. The summed E-state index contributed by atoms with van der Waals surface area (Å²) in [5.74, 6) is 1.79. The number of tetrazole rings is 1. The van der Waals surface area contributed by atoms with E-state index in [0.29, 0.717) is 6.04 Å². The van der Waals surface area contributed by atoms with Crippen molar-refractivity contribution in [2.75, 3.05) is 13.1 Å². The molecule has 1 aromatic heterocycles. The molecule has 6 heteroatoms. The molecule has 1 aromatic carbocycles. The number of likely N-dealkylation sites (tertiary alicyclic amines) is 1. The highest BCUT2D eigenvalue weighted by atomic mass is 35.5. The first kappa shape index (κ1) is 17.9. The fourth-order valence-electron chi connectivity index (χ4n) is 4.42. The van der Waals surface area contributed by atoms with Gasteiger partial charge < -0.3 is 0 Å². The van der Waals surface area contributed by atoms with Crippen molar-refractivity contribution in [3.05, 3.63) is 40.7 Å². The van der Waals surface area contributed by atoms with Gasteiger partial charge in [-0.1, -0.05) is 49.9 Å². The molecule has 2 aromatic rings. The summed E-state index contributed by atoms with van der Waals surface area (Å²) in [6.07, 6.45) is 8.71. The average molecular weight is 374 g/mol. The van der Waals surface area contributed by atoms with Crippen LogP contribution in [-0.2, 0) is 0 Å². The van der Waals surface area contributed by atoms with Crippen LogP contribution in [0.2, 0.25) is 5.02 Å². The van der Waals surface area contributed by atoms with E-state index in [0.717, 1.165) is 29.9 Å². The van der Waals surface area contributed by atoms with E-state index in [2.05, 4.69) is 44.2 Å². The molecule has 0 spiro atoms. The Labute approximate surface area is 160 Å². The minimum Gasteiger partial charge on any atom is -0.290 e. The SMILES string of the molecule is CC1CCN([C@H](c2ccc(Cl)cc2)c2nnnn2C2CCCCC2)CC1. The first-order chi connectivity index (χ1) is 12.7. The van der Waals surface area contributed by atoms with Crippen molar-refractivity contribution >= 4 is 11.6 Å². The minimum absolute atomic E-state index is 0.108. The third kappa shape index (κ3) is 3.79. The highest BCUT2D eigenvalue weighted by molar-refractivity contribution is 6.30. The summed E-state index contributed by atoms with van der Waals surface area (Å²) in [4.78, 5) is 2.55. The quantitative estimate of drug-likeness (QED) is 0.782. The fraction of sp³-hybridized carbons (Fsp3) is 0.650. The number of hydrogen-bond acceptors (Lipinski definition) is 4. The maximum absolute atomic E-state index is 6.14. The van der Waals surface area contributed by atoms with Gasteiger partial charge in [0.05, 0.1) is 12.1 Å². The Hall–Kier alpha value is -1.46. The normalized spacial score (nSPS) is 21.8. The van der Waals surface area contributed by atoms with Crippen LogP contribution in [-0.4, -0.2) is 38.2 Å². The van der Waals surface area contributed by atoms with Crippen LogP contribution in [0.25, 0.3) is 0 Å². The van der Waals surface area contributed by atoms with Gasteiger partial charge in [-0.3, -0.25) is 4.90 Å². The number of benzene rings is 1. The predicted molar refractivity (Wildman–Crippen MR) is 103 cm³/mol. The summed E-state index contributed by atoms with van der Waals surface area (Å²) in [5, 5.41) is 13.8. The van der Waals surface area contributed by atoms with E-state index < -0.39 is 0 Å². The average Bonchev–Trinajstić information content (AvgIpc) is 3.15. The number of piperidine rings is 1. The van der Waals surface area contributed by atoms with Crippen molar-refractivity contribution in [2.45, 2.75) is 64.0 Å². The molecule has 1 saturated heterocycles. The molecule has 2 heterocycles. The Kier molecular flexibility index (Phi) is 5.55. The van der Waals surface area contributed by atoms with Gasteiger partial charge in [0.15, 0.2) is 5.82 Å². The molecule has 1 atom stereocenters. The molecule has 26 heavy (non-hydrogen) atoms. The van der Waals surface area contributed by atoms with Crippen LogP contribution >= 0.6 is 11.6 Å². The van der Waals surface area contributed by atoms with E-state index >= 15 is 0 Å². The topological polar surface area (TPSA) is 46.8 Å². The van der Waals surface area contributed by atoms with E-state index in [9.17, 15) is 0 Å². The van der Waals surface area contributed by atoms with E-state index in [1.807, 2.05) is 12.1 Å². The standard InChI is InChI=1S/C20H28ClN5/c1-15-11-13-25(14-12-15)19(16-7-9-17(21)10-8-16)20-22-23-24-26(20)18-5-3-2-4-6-18/h7-10,15,18-19H,2-6,11-14H2,1H3/t19-/m1/s1. The highest BCUT2D eigenvalue weighted by Gasteiger charge is 2.32. The second-order valence-electron chi connectivity index (χ2n) is 7.95. The zero-order valence-corrected chi connectivity index (χ0v) is 16.3. The Morgan fingerprint density at radius 3 is 2.38 bits per heavy atom. The van der Waals surface area contributed by atoms with Gasteiger partial charge in [-0.25, -0.2) is 4.68 Å². The van der Waals surface area contributed by atoms with Crippen molar-refractivity contribution in [2.24, 2.45) is 5.92 Å². The van der Waals surface area contributed by atoms with Crippen LogP contribution in [0, 0.1) is 5.92 Å². The maximum Gasteiger partial charge on any atom is 0.173 e. The Morgan fingerprint density at radius 1 is 1.00 bits per heavy atom. The number of hydrogen-bond donors (Lipinski definition) is 0. The third-order valence-electron chi connectivity index (χ3n) is 6.05. The first-order valence-electron chi connectivity index (χ1n) is 9.99. The van der Waals surface area contributed by atoms with Crippen LogP contribution in [0.1, 0.15) is 75.3 Å². The maximum atomic E-state index is 6.14. The van der Waals surface area contributed by atoms with Crippen molar-refractivity contribution in [3.63, 3.8) is 0 Å². The molecule has 140 valence electrons. The van der Waals surface area contributed by atoms with Gasteiger partial charge in [0.2, 0.25) is 0 Å². The largest absolute Gasteiger partial charge is 0.290 e. The molecule has 1 aliphatic carbocycles. The van der Waals surface area contributed by atoms with Crippen molar-refractivity contribution in [3.8, 4) is 0 Å². The molecular formula is C20H28ClN5. The number of aromatic nitrogens is 4. The third-order valence-corrected chi connectivity index (χ3v) is 6.30. The molecule has 0 N–H and O–H groups in total. The molecule has 2 fully saturated rings. The van der Waals surface area contributed by atoms with Gasteiger partial charge in [0, 0.05) is 5.02 Å². The second kappa shape index (κ2) is 8.05. The molecule has 1 saturated carbocycles. The van der Waals surface area contributed by atoms with E-state index in [-0.39, 0.29) is 6.04 Å². The minimum atomic E-state index is 0.108. The zero-order chi connectivity index (χ0) is 17.9. The van der Waals surface area contributed by atoms with Crippen LogP contribution in [0.5, 0.6) is 0 Å². The van der Waals surface area contributed by atoms with Crippen LogP contribution < -0.4 is 0 Å². The van der Waals surface area contributed by atoms with Gasteiger partial charge >= 0.3 is 0 Å². The predicted octanol–water partition coefficient (Wildman–Crippen LogP) is 4.65. The first-order valence-corrected chi connectivity index (χ1v) is 10.4. The Balaban J connectivity index is 1.69. The second-order valence-corrected chi connectivity index (χ2v) is 8.38. The molecular weight excluding hydrogens is 346 g/mol. The molecule has 2 aliphatic rings. The lowest BCUT2D eigenvalue weighted by Crippen LogP contribution is -2.38. The van der Waals surface area contributed by atoms with Gasteiger partial charge in [0.25, 0.3) is 0 Å². The summed E-state index contributed by atoms with van der Waals surface area (Å²) >= 11 is 6.14. The zero-order valence-electron chi connectivity index (χ0n) is 15.5. The summed E-state index contributed by atoms with van der Waals surface area (Å²) in [7, 11) is 0. The Morgan fingerprint density at radius 2 is 1.69 bits per heavy atom. The molecule has 0 radical (unpaired) electrons. The highest BCUT2D eigenvalue weighted by Crippen LogP contribution is 2.35. The monoisotopic (exact) mass is 373 g/mol. The van der Waals surface area contributed by atoms with Crippen LogP contribution in [0.15, 0.2) is 24.3 Å². The van der Waals surface area contributed by atoms with Crippen LogP contribution in [0.4, 0.5) is 0 Å². The van der Waals surface area contributed by atoms with Gasteiger partial charge in [-0.05, 0) is 72.8 Å². The summed E-state index contributed by atoms with van der Waals surface area (Å²) in [6, 6.07) is 8.76. The summed E-state index contributed by atoms with van der Waals surface area (Å²) in [5.41, 5.74) is 1.23. The molecule has 0 unspecified atom stereocenters. The molecule has 4 rings (SSSR count). The lowest BCUT2D eigenvalue weighted by Gasteiger charge is -2.37. The van der Waals surface area contributed by atoms with E-state index in [4.69, 9.17) is 11.6 Å². The smallest absolute Gasteiger partial charge is 0.173 e. The van der Waals surface area contributed by atoms with Crippen molar-refractivity contribution in [1.29, 1.82) is 0 Å². The number of nitrogens with zero attached hydrogens (tertiary/aromatic N) is 5. The lowest BCUT2D eigenvalue weighted by molar-refractivity contribution is 0.146.